The van der Waals surface area contributed by atoms with Gasteiger partial charge in [0.15, 0.2) is 0 Å². The van der Waals surface area contributed by atoms with Crippen LogP contribution in [0.15, 0.2) is 24.3 Å². The standard InChI is InChI=1S/C15H20N4O2/c16-13-9-2-1-8(7-9)12(13)14(20)18-10-3-5-11(6-4-10)19-15(17)21/h3-6,8-9,12-13H,1-2,7,16H2,(H,18,20)(H3,17,19,21). The summed E-state index contributed by atoms with van der Waals surface area (Å²) < 4.78 is 0. The summed E-state index contributed by atoms with van der Waals surface area (Å²) in [5.41, 5.74) is 12.5. The Morgan fingerprint density at radius 2 is 1.57 bits per heavy atom. The fourth-order valence-electron chi connectivity index (χ4n) is 3.73. The first kappa shape index (κ1) is 13.9. The van der Waals surface area contributed by atoms with E-state index >= 15 is 0 Å². The van der Waals surface area contributed by atoms with Gasteiger partial charge in [0, 0.05) is 17.4 Å². The lowest BCUT2D eigenvalue weighted by Crippen LogP contribution is -2.42. The first-order chi connectivity index (χ1) is 10.0. The zero-order valence-electron chi connectivity index (χ0n) is 11.7. The summed E-state index contributed by atoms with van der Waals surface area (Å²) in [5.74, 6) is 0.867. The minimum absolute atomic E-state index is 0.00492. The van der Waals surface area contributed by atoms with Gasteiger partial charge in [0.05, 0.1) is 5.92 Å². The molecule has 1 aromatic rings. The van der Waals surface area contributed by atoms with Gasteiger partial charge in [-0.2, -0.15) is 0 Å². The highest BCUT2D eigenvalue weighted by molar-refractivity contribution is 5.94. The van der Waals surface area contributed by atoms with Crippen molar-refractivity contribution in [2.45, 2.75) is 25.3 Å². The van der Waals surface area contributed by atoms with Crippen LogP contribution in [-0.2, 0) is 4.79 Å². The van der Waals surface area contributed by atoms with E-state index in [9.17, 15) is 9.59 Å². The molecule has 2 fully saturated rings. The average molecular weight is 288 g/mol. The van der Waals surface area contributed by atoms with Gasteiger partial charge in [0.1, 0.15) is 0 Å². The van der Waals surface area contributed by atoms with Crippen LogP contribution in [-0.4, -0.2) is 18.0 Å². The summed E-state index contributed by atoms with van der Waals surface area (Å²) in [6.07, 6.45) is 3.35. The highest BCUT2D eigenvalue weighted by atomic mass is 16.2. The second kappa shape index (κ2) is 5.37. The molecule has 0 aromatic heterocycles. The minimum atomic E-state index is -0.611. The zero-order valence-corrected chi connectivity index (χ0v) is 11.7. The van der Waals surface area contributed by atoms with Crippen molar-refractivity contribution in [1.82, 2.24) is 0 Å². The van der Waals surface area contributed by atoms with Crippen molar-refractivity contribution in [1.29, 1.82) is 0 Å². The van der Waals surface area contributed by atoms with E-state index in [1.54, 1.807) is 24.3 Å². The number of carbonyl (C=O) groups is 2. The molecule has 21 heavy (non-hydrogen) atoms. The van der Waals surface area contributed by atoms with Gasteiger partial charge in [0.2, 0.25) is 5.91 Å². The average Bonchev–Trinajstić information content (AvgIpc) is 3.01. The van der Waals surface area contributed by atoms with Gasteiger partial charge in [0.25, 0.3) is 0 Å². The molecule has 3 amide bonds. The summed E-state index contributed by atoms with van der Waals surface area (Å²) in [7, 11) is 0. The lowest BCUT2D eigenvalue weighted by atomic mass is 9.84. The number of benzene rings is 1. The van der Waals surface area contributed by atoms with Crippen LogP contribution in [0.4, 0.5) is 16.2 Å². The van der Waals surface area contributed by atoms with E-state index in [0.29, 0.717) is 23.2 Å². The van der Waals surface area contributed by atoms with E-state index in [1.165, 1.54) is 0 Å². The molecule has 0 spiro atoms. The maximum Gasteiger partial charge on any atom is 0.316 e. The van der Waals surface area contributed by atoms with Gasteiger partial charge >= 0.3 is 6.03 Å². The third-order valence-electron chi connectivity index (χ3n) is 4.70. The van der Waals surface area contributed by atoms with Crippen molar-refractivity contribution in [3.8, 4) is 0 Å². The minimum Gasteiger partial charge on any atom is -0.351 e. The van der Waals surface area contributed by atoms with Gasteiger partial charge in [-0.05, 0) is 55.4 Å². The lowest BCUT2D eigenvalue weighted by Gasteiger charge is -2.27. The largest absolute Gasteiger partial charge is 0.351 e. The predicted octanol–water partition coefficient (Wildman–Crippen LogP) is 1.49. The summed E-state index contributed by atoms with van der Waals surface area (Å²) in [6, 6.07) is 6.24. The van der Waals surface area contributed by atoms with E-state index in [0.717, 1.165) is 19.3 Å². The third-order valence-corrected chi connectivity index (χ3v) is 4.70. The molecule has 4 unspecified atom stereocenters. The molecule has 4 atom stereocenters. The molecule has 0 heterocycles. The SMILES string of the molecule is NC(=O)Nc1ccc(NC(=O)C2C3CCC(C3)C2N)cc1. The maximum absolute atomic E-state index is 12.4. The molecule has 6 N–H and O–H groups in total. The Labute approximate surface area is 123 Å². The molecule has 2 bridgehead atoms. The second-order valence-electron chi connectivity index (χ2n) is 5.99. The predicted molar refractivity (Wildman–Crippen MR) is 80.6 cm³/mol. The number of amides is 3. The number of urea groups is 1. The first-order valence-corrected chi connectivity index (χ1v) is 7.27. The van der Waals surface area contributed by atoms with Crippen LogP contribution in [0.2, 0.25) is 0 Å². The van der Waals surface area contributed by atoms with Gasteiger partial charge in [-0.3, -0.25) is 4.79 Å². The molecular weight excluding hydrogens is 268 g/mol. The van der Waals surface area contributed by atoms with Crippen molar-refractivity contribution in [2.75, 3.05) is 10.6 Å². The number of nitrogens with two attached hydrogens (primary N) is 2. The van der Waals surface area contributed by atoms with E-state index < -0.39 is 6.03 Å². The molecule has 2 aliphatic carbocycles. The number of primary amides is 1. The first-order valence-electron chi connectivity index (χ1n) is 7.27. The fourth-order valence-corrected chi connectivity index (χ4v) is 3.73. The Hall–Kier alpha value is -2.08. The number of hydrogen-bond donors (Lipinski definition) is 4. The number of rotatable bonds is 3. The number of carbonyl (C=O) groups excluding carboxylic acids is 2. The van der Waals surface area contributed by atoms with Crippen molar-refractivity contribution in [2.24, 2.45) is 29.2 Å². The van der Waals surface area contributed by atoms with E-state index in [2.05, 4.69) is 10.6 Å². The molecule has 3 rings (SSSR count). The summed E-state index contributed by atoms with van der Waals surface area (Å²) in [5, 5.41) is 5.39. The molecule has 6 heteroatoms. The zero-order chi connectivity index (χ0) is 15.0. The second-order valence-corrected chi connectivity index (χ2v) is 5.99. The topological polar surface area (TPSA) is 110 Å². The summed E-state index contributed by atoms with van der Waals surface area (Å²) >= 11 is 0. The summed E-state index contributed by atoms with van der Waals surface area (Å²) in [4.78, 5) is 23.1. The van der Waals surface area contributed by atoms with E-state index in [4.69, 9.17) is 11.5 Å². The molecule has 0 radical (unpaired) electrons. The van der Waals surface area contributed by atoms with Gasteiger partial charge < -0.3 is 22.1 Å². The Kier molecular flexibility index (Phi) is 3.55. The van der Waals surface area contributed by atoms with Crippen LogP contribution >= 0.6 is 0 Å². The van der Waals surface area contributed by atoms with E-state index in [1.807, 2.05) is 0 Å². The molecule has 112 valence electrons. The summed E-state index contributed by atoms with van der Waals surface area (Å²) in [6.45, 7) is 0. The van der Waals surface area contributed by atoms with Gasteiger partial charge in [-0.1, -0.05) is 0 Å². The van der Waals surface area contributed by atoms with Crippen molar-refractivity contribution in [3.63, 3.8) is 0 Å². The van der Waals surface area contributed by atoms with Gasteiger partial charge in [-0.15, -0.1) is 0 Å². The molecule has 2 saturated carbocycles. The monoisotopic (exact) mass is 288 g/mol. The quantitative estimate of drug-likeness (QED) is 0.676. The fraction of sp³-hybridized carbons (Fsp3) is 0.467. The van der Waals surface area contributed by atoms with Crippen LogP contribution < -0.4 is 22.1 Å². The van der Waals surface area contributed by atoms with Crippen LogP contribution in [0, 0.1) is 17.8 Å². The molecule has 6 nitrogen and oxygen atoms in total. The Balaban J connectivity index is 1.64. The van der Waals surface area contributed by atoms with Crippen molar-refractivity contribution < 1.29 is 9.59 Å². The number of nitrogens with one attached hydrogen (secondary N) is 2. The van der Waals surface area contributed by atoms with Crippen molar-refractivity contribution >= 4 is 23.3 Å². The van der Waals surface area contributed by atoms with Gasteiger partial charge in [-0.25, -0.2) is 4.79 Å². The number of anilines is 2. The van der Waals surface area contributed by atoms with Crippen molar-refractivity contribution in [3.05, 3.63) is 24.3 Å². The molecule has 1 aromatic carbocycles. The highest BCUT2D eigenvalue weighted by Gasteiger charge is 2.49. The molecule has 0 saturated heterocycles. The maximum atomic E-state index is 12.4. The Bertz CT molecular complexity index is 555. The van der Waals surface area contributed by atoms with E-state index in [-0.39, 0.29) is 17.9 Å². The lowest BCUT2D eigenvalue weighted by molar-refractivity contribution is -0.121. The number of hydrogen-bond acceptors (Lipinski definition) is 3. The normalized spacial score (nSPS) is 30.1. The third kappa shape index (κ3) is 2.71. The van der Waals surface area contributed by atoms with Crippen LogP contribution in [0.1, 0.15) is 19.3 Å². The molecule has 0 aliphatic heterocycles. The van der Waals surface area contributed by atoms with Crippen LogP contribution in [0.25, 0.3) is 0 Å². The Morgan fingerprint density at radius 3 is 2.10 bits per heavy atom. The van der Waals surface area contributed by atoms with Crippen LogP contribution in [0.5, 0.6) is 0 Å². The van der Waals surface area contributed by atoms with Crippen LogP contribution in [0.3, 0.4) is 0 Å². The smallest absolute Gasteiger partial charge is 0.316 e. The Morgan fingerprint density at radius 1 is 1.00 bits per heavy atom. The number of fused-ring (bicyclic) bond motifs is 2. The molecular formula is C15H20N4O2. The highest BCUT2D eigenvalue weighted by Crippen LogP contribution is 2.47. The molecule has 2 aliphatic rings.